The van der Waals surface area contributed by atoms with Gasteiger partial charge >= 0.3 is 6.09 Å². The number of nitrogens with one attached hydrogen (secondary N) is 3. The Hall–Kier alpha value is -3.94. The Kier molecular flexibility index (Phi) is 10.8. The highest BCUT2D eigenvalue weighted by Gasteiger charge is 2.62. The maximum Gasteiger partial charge on any atom is 0.408 e. The van der Waals surface area contributed by atoms with Crippen LogP contribution in [0.15, 0.2) is 47.6 Å². The van der Waals surface area contributed by atoms with Crippen molar-refractivity contribution in [2.45, 2.75) is 126 Å². The second kappa shape index (κ2) is 15.1. The minimum atomic E-state index is -3.86. The van der Waals surface area contributed by atoms with E-state index in [4.69, 9.17) is 9.57 Å². The highest BCUT2D eigenvalue weighted by molar-refractivity contribution is 7.91. The molecule has 0 spiro atoms. The van der Waals surface area contributed by atoms with Crippen molar-refractivity contribution >= 4 is 39.5 Å². The lowest BCUT2D eigenvalue weighted by Gasteiger charge is -2.30. The zero-order valence-electron chi connectivity index (χ0n) is 28.8. The van der Waals surface area contributed by atoms with Gasteiger partial charge in [0.2, 0.25) is 21.8 Å². The number of sulfonamides is 1. The number of allylic oxidation sites excluding steroid dienone is 1. The van der Waals surface area contributed by atoms with Crippen LogP contribution >= 0.6 is 0 Å². The van der Waals surface area contributed by atoms with E-state index >= 15 is 0 Å². The van der Waals surface area contributed by atoms with E-state index < -0.39 is 68.7 Å². The van der Waals surface area contributed by atoms with E-state index in [0.717, 1.165) is 37.7 Å². The molecular weight excluding hydrogens is 662 g/mol. The molecule has 3 saturated carbocycles. The van der Waals surface area contributed by atoms with Gasteiger partial charge in [-0.3, -0.25) is 19.1 Å². The second-order valence-electron chi connectivity index (χ2n) is 14.6. The highest BCUT2D eigenvalue weighted by atomic mass is 32.2. The van der Waals surface area contributed by atoms with Crippen molar-refractivity contribution in [2.24, 2.45) is 17.0 Å². The number of fused-ring (bicyclic) bond motifs is 2. The number of ether oxygens (including phenoxy) is 1. The quantitative estimate of drug-likeness (QED) is 0.198. The van der Waals surface area contributed by atoms with Crippen molar-refractivity contribution in [1.82, 2.24) is 20.3 Å². The molecule has 272 valence electrons. The van der Waals surface area contributed by atoms with Crippen LogP contribution in [0.2, 0.25) is 0 Å². The topological polar surface area (TPSA) is 173 Å². The predicted molar refractivity (Wildman–Crippen MR) is 185 cm³/mol. The second-order valence-corrected chi connectivity index (χ2v) is 16.6. The van der Waals surface area contributed by atoms with Gasteiger partial charge in [-0.1, -0.05) is 74.3 Å². The molecule has 1 saturated heterocycles. The Morgan fingerprint density at radius 3 is 2.44 bits per heavy atom. The molecule has 50 heavy (non-hydrogen) atoms. The summed E-state index contributed by atoms with van der Waals surface area (Å²) < 4.78 is 33.3. The number of amides is 4. The fourth-order valence-corrected chi connectivity index (χ4v) is 8.25. The fraction of sp³-hybridized carbons (Fsp3) is 0.639. The minimum absolute atomic E-state index is 0.0228. The van der Waals surface area contributed by atoms with Gasteiger partial charge in [-0.05, 0) is 69.3 Å². The summed E-state index contributed by atoms with van der Waals surface area (Å²) in [4.78, 5) is 62.5. The third kappa shape index (κ3) is 8.33. The van der Waals surface area contributed by atoms with Crippen LogP contribution in [0, 0.1) is 11.8 Å². The van der Waals surface area contributed by atoms with Gasteiger partial charge in [0, 0.05) is 12.3 Å². The molecule has 0 bridgehead atoms. The van der Waals surface area contributed by atoms with Crippen LogP contribution in [-0.4, -0.2) is 84.5 Å². The number of hydrogen-bond acceptors (Lipinski definition) is 9. The van der Waals surface area contributed by atoms with Gasteiger partial charge in [-0.15, -0.1) is 0 Å². The molecule has 14 heteroatoms. The molecule has 5 atom stereocenters. The highest BCUT2D eigenvalue weighted by Crippen LogP contribution is 2.46. The number of alkyl carbamates (subject to hydrolysis) is 1. The SMILES string of the molecule is CC(C)/C(=N\O[C@@H]1C[C@H]2C(=O)N[C@@]3(C(=O)NS(=O)(=O)C4CC4)C[C@H]3/C=C\CCCCC[C@H](NC(=O)OC3CCC3)C(=O)N2C1)c1ccccc1. The Balaban J connectivity index is 1.27. The monoisotopic (exact) mass is 711 g/mol. The van der Waals surface area contributed by atoms with Crippen LogP contribution < -0.4 is 15.4 Å². The van der Waals surface area contributed by atoms with Crippen LogP contribution in [0.4, 0.5) is 4.79 Å². The van der Waals surface area contributed by atoms with E-state index in [9.17, 15) is 27.6 Å². The zero-order valence-corrected chi connectivity index (χ0v) is 29.7. The van der Waals surface area contributed by atoms with Gasteiger partial charge in [-0.2, -0.15) is 0 Å². The lowest BCUT2D eigenvalue weighted by Crippen LogP contribution is -2.58. The first-order valence-corrected chi connectivity index (χ1v) is 19.6. The number of benzene rings is 1. The molecule has 3 N–H and O–H groups in total. The van der Waals surface area contributed by atoms with Gasteiger partial charge in [0.05, 0.1) is 17.5 Å². The molecule has 4 amide bonds. The number of oxime groups is 1. The van der Waals surface area contributed by atoms with Crippen LogP contribution in [0.1, 0.15) is 96.5 Å². The molecule has 4 fully saturated rings. The lowest BCUT2D eigenvalue weighted by atomic mass is 9.96. The normalized spacial score (nSPS) is 30.1. The Morgan fingerprint density at radius 1 is 1.00 bits per heavy atom. The van der Waals surface area contributed by atoms with Crippen LogP contribution in [0.5, 0.6) is 0 Å². The summed E-state index contributed by atoms with van der Waals surface area (Å²) in [6.45, 7) is 4.02. The van der Waals surface area contributed by atoms with Crippen LogP contribution in [0.25, 0.3) is 0 Å². The van der Waals surface area contributed by atoms with E-state index in [2.05, 4.69) is 20.5 Å². The minimum Gasteiger partial charge on any atom is -0.446 e. The van der Waals surface area contributed by atoms with Crippen LogP contribution in [-0.2, 0) is 34.0 Å². The smallest absolute Gasteiger partial charge is 0.408 e. The van der Waals surface area contributed by atoms with Crippen molar-refractivity contribution in [1.29, 1.82) is 0 Å². The summed E-state index contributed by atoms with van der Waals surface area (Å²) in [7, 11) is -3.86. The average molecular weight is 712 g/mol. The molecule has 0 unspecified atom stereocenters. The van der Waals surface area contributed by atoms with Crippen LogP contribution in [0.3, 0.4) is 0 Å². The molecule has 13 nitrogen and oxygen atoms in total. The van der Waals surface area contributed by atoms with E-state index in [1.807, 2.05) is 56.3 Å². The van der Waals surface area contributed by atoms with Crippen molar-refractivity contribution in [3.05, 3.63) is 48.0 Å². The van der Waals surface area contributed by atoms with E-state index in [1.54, 1.807) is 0 Å². The molecule has 2 heterocycles. The Morgan fingerprint density at radius 2 is 1.76 bits per heavy atom. The van der Waals surface area contributed by atoms with Gasteiger partial charge in [0.15, 0.2) is 0 Å². The lowest BCUT2D eigenvalue weighted by molar-refractivity contribution is -0.141. The third-order valence-electron chi connectivity index (χ3n) is 10.4. The van der Waals surface area contributed by atoms with E-state index in [-0.39, 0.29) is 31.4 Å². The largest absolute Gasteiger partial charge is 0.446 e. The summed E-state index contributed by atoms with van der Waals surface area (Å²) in [5, 5.41) is 9.53. The van der Waals surface area contributed by atoms with Gasteiger partial charge in [0.25, 0.3) is 5.91 Å². The maximum atomic E-state index is 14.3. The first-order valence-electron chi connectivity index (χ1n) is 18.1. The van der Waals surface area contributed by atoms with Crippen molar-refractivity contribution in [3.63, 3.8) is 0 Å². The standard InChI is InChI=1S/C36H49N5O8S/c1-23(2)31(24-12-7-6-8-13-24)39-49-27-20-30-32(42)38-36(34(44)40-50(46,47)28-18-19-28)21-25(36)14-9-4-3-5-10-17-29(33(43)41(30)22-27)37-35(45)48-26-15-11-16-26/h6-9,12-14,23,25-30H,3-5,10-11,15-22H2,1-2H3,(H,37,45)(H,38,42)(H,40,44)/b14-9-,39-31+/t25-,27-,29+,30+,36+/m1/s1. The van der Waals surface area contributed by atoms with Crippen molar-refractivity contribution in [2.75, 3.05) is 6.54 Å². The molecule has 2 aliphatic heterocycles. The third-order valence-corrected chi connectivity index (χ3v) is 12.2. The molecule has 1 aromatic rings. The maximum absolute atomic E-state index is 14.3. The van der Waals surface area contributed by atoms with Gasteiger partial charge < -0.3 is 25.1 Å². The summed E-state index contributed by atoms with van der Waals surface area (Å²) >= 11 is 0. The van der Waals surface area contributed by atoms with E-state index in [0.29, 0.717) is 37.8 Å². The summed E-state index contributed by atoms with van der Waals surface area (Å²) in [5.41, 5.74) is 0.133. The number of hydrogen-bond donors (Lipinski definition) is 3. The Bertz CT molecular complexity index is 1610. The average Bonchev–Trinajstić information content (AvgIpc) is 3.98. The first kappa shape index (κ1) is 35.9. The summed E-state index contributed by atoms with van der Waals surface area (Å²) in [6.07, 6.45) is 9.53. The number of rotatable bonds is 9. The number of nitrogens with zero attached hydrogens (tertiary/aromatic N) is 2. The predicted octanol–water partition coefficient (Wildman–Crippen LogP) is 3.68. The number of carbonyl (C=O) groups is 4. The first-order chi connectivity index (χ1) is 24.0. The molecule has 5 aliphatic rings. The van der Waals surface area contributed by atoms with E-state index in [1.165, 1.54) is 4.90 Å². The van der Waals surface area contributed by atoms with Crippen molar-refractivity contribution < 1.29 is 37.2 Å². The molecule has 1 aromatic carbocycles. The number of carbonyl (C=O) groups excluding carboxylic acids is 4. The molecule has 0 radical (unpaired) electrons. The molecule has 3 aliphatic carbocycles. The van der Waals surface area contributed by atoms with Gasteiger partial charge in [0.1, 0.15) is 29.8 Å². The fourth-order valence-electron chi connectivity index (χ4n) is 6.89. The van der Waals surface area contributed by atoms with Gasteiger partial charge in [-0.25, -0.2) is 13.2 Å². The zero-order chi connectivity index (χ0) is 35.5. The summed E-state index contributed by atoms with van der Waals surface area (Å²) in [6, 6.07) is 7.61. The summed E-state index contributed by atoms with van der Waals surface area (Å²) in [5.74, 6) is -2.19. The van der Waals surface area contributed by atoms with Crippen molar-refractivity contribution in [3.8, 4) is 0 Å². The molecular formula is C36H49N5O8S. The Labute approximate surface area is 294 Å². The molecule has 6 rings (SSSR count). The molecule has 0 aromatic heterocycles.